The van der Waals surface area contributed by atoms with Gasteiger partial charge in [-0.05, 0) is 30.5 Å². The molecule has 27 heavy (non-hydrogen) atoms. The smallest absolute Gasteiger partial charge is 0.387 e. The highest BCUT2D eigenvalue weighted by Crippen LogP contribution is 2.33. The number of nitrogens with zero attached hydrogens (tertiary/aromatic N) is 1. The summed E-state index contributed by atoms with van der Waals surface area (Å²) in [4.78, 5) is 26.2. The molecule has 2 fully saturated rings. The second kappa shape index (κ2) is 7.50. The summed E-state index contributed by atoms with van der Waals surface area (Å²) in [6.45, 7) is -0.280. The fourth-order valence-corrected chi connectivity index (χ4v) is 3.86. The van der Waals surface area contributed by atoms with Crippen LogP contribution in [0.1, 0.15) is 62.2 Å². The van der Waals surface area contributed by atoms with Crippen LogP contribution < -0.4 is 5.32 Å². The summed E-state index contributed by atoms with van der Waals surface area (Å²) >= 11 is 0. The zero-order valence-corrected chi connectivity index (χ0v) is 14.9. The van der Waals surface area contributed by atoms with E-state index in [1.807, 2.05) is 0 Å². The van der Waals surface area contributed by atoms with Crippen LogP contribution in [0.25, 0.3) is 0 Å². The van der Waals surface area contributed by atoms with Crippen molar-refractivity contribution in [2.75, 3.05) is 6.54 Å². The molecule has 3 amide bonds. The summed E-state index contributed by atoms with van der Waals surface area (Å²) in [5, 5.41) is 13.1. The van der Waals surface area contributed by atoms with Gasteiger partial charge in [0.1, 0.15) is 5.54 Å². The Bertz CT molecular complexity index is 695. The Balaban J connectivity index is 1.71. The zero-order chi connectivity index (χ0) is 19.7. The first-order valence-electron chi connectivity index (χ1n) is 9.22. The number of rotatable bonds is 3. The Labute approximate surface area is 155 Å². The van der Waals surface area contributed by atoms with Gasteiger partial charge in [0.25, 0.3) is 5.91 Å². The molecule has 1 aromatic carbocycles. The first-order chi connectivity index (χ1) is 12.7. The van der Waals surface area contributed by atoms with Gasteiger partial charge in [0.05, 0.1) is 18.2 Å². The van der Waals surface area contributed by atoms with Gasteiger partial charge >= 0.3 is 12.2 Å². The highest BCUT2D eigenvalue weighted by atomic mass is 19.4. The molecule has 1 atom stereocenters. The van der Waals surface area contributed by atoms with Gasteiger partial charge in [0, 0.05) is 0 Å². The number of carbonyl (C=O) groups excluding carboxylic acids is 2. The molecule has 2 N–H and O–H groups in total. The van der Waals surface area contributed by atoms with Gasteiger partial charge in [-0.25, -0.2) is 4.79 Å². The predicted molar refractivity (Wildman–Crippen MR) is 91.7 cm³/mol. The fourth-order valence-electron chi connectivity index (χ4n) is 3.86. The van der Waals surface area contributed by atoms with Crippen molar-refractivity contribution in [2.24, 2.45) is 0 Å². The molecule has 0 radical (unpaired) electrons. The van der Waals surface area contributed by atoms with Crippen LogP contribution in [0.15, 0.2) is 24.3 Å². The third kappa shape index (κ3) is 4.10. The number of nitrogens with one attached hydrogen (secondary N) is 1. The van der Waals surface area contributed by atoms with Crippen molar-refractivity contribution in [3.63, 3.8) is 0 Å². The third-order valence-corrected chi connectivity index (χ3v) is 5.43. The monoisotopic (exact) mass is 384 g/mol. The van der Waals surface area contributed by atoms with Crippen LogP contribution in [0.4, 0.5) is 18.0 Å². The van der Waals surface area contributed by atoms with Gasteiger partial charge < -0.3 is 10.4 Å². The summed E-state index contributed by atoms with van der Waals surface area (Å²) in [5.41, 5.74) is -1.50. The number of benzene rings is 1. The quantitative estimate of drug-likeness (QED) is 0.780. The Morgan fingerprint density at radius 2 is 1.59 bits per heavy atom. The number of amides is 3. The van der Waals surface area contributed by atoms with Crippen LogP contribution in [0.2, 0.25) is 0 Å². The number of aliphatic hydroxyl groups is 1. The van der Waals surface area contributed by atoms with Gasteiger partial charge in [-0.2, -0.15) is 13.2 Å². The lowest BCUT2D eigenvalue weighted by Crippen LogP contribution is -2.47. The number of β-amino-alcohol motifs (C(OH)–C–C–N with tert-alkyl or cyclic N) is 1. The van der Waals surface area contributed by atoms with E-state index in [1.165, 1.54) is 0 Å². The third-order valence-electron chi connectivity index (χ3n) is 5.43. The summed E-state index contributed by atoms with van der Waals surface area (Å²) in [6, 6.07) is 3.53. The van der Waals surface area contributed by atoms with Gasteiger partial charge in [0.2, 0.25) is 0 Å². The van der Waals surface area contributed by atoms with E-state index in [0.29, 0.717) is 12.8 Å². The van der Waals surface area contributed by atoms with E-state index in [2.05, 4.69) is 5.32 Å². The second-order valence-corrected chi connectivity index (χ2v) is 7.33. The van der Waals surface area contributed by atoms with Gasteiger partial charge in [-0.3, -0.25) is 9.69 Å². The van der Waals surface area contributed by atoms with Crippen LogP contribution >= 0.6 is 0 Å². The second-order valence-electron chi connectivity index (χ2n) is 7.33. The minimum absolute atomic E-state index is 0.224. The number of imide groups is 1. The van der Waals surface area contributed by atoms with Gasteiger partial charge in [0.15, 0.2) is 0 Å². The lowest BCUT2D eigenvalue weighted by atomic mass is 9.84. The molecular weight excluding hydrogens is 361 g/mol. The summed E-state index contributed by atoms with van der Waals surface area (Å²) in [5.74, 6) is -0.347. The molecule has 1 heterocycles. The Morgan fingerprint density at radius 3 is 2.15 bits per heavy atom. The Morgan fingerprint density at radius 1 is 1.04 bits per heavy atom. The van der Waals surface area contributed by atoms with E-state index in [1.54, 1.807) is 0 Å². The maximum absolute atomic E-state index is 12.9. The van der Waals surface area contributed by atoms with E-state index in [4.69, 9.17) is 0 Å². The number of urea groups is 1. The number of halogens is 3. The van der Waals surface area contributed by atoms with E-state index < -0.39 is 29.4 Å². The highest BCUT2D eigenvalue weighted by molar-refractivity contribution is 6.07. The first kappa shape index (κ1) is 19.7. The molecule has 1 spiro atoms. The molecule has 2 aliphatic rings. The predicted octanol–water partition coefficient (Wildman–Crippen LogP) is 3.77. The number of alkyl halides is 3. The van der Waals surface area contributed by atoms with E-state index in [0.717, 1.165) is 61.3 Å². The van der Waals surface area contributed by atoms with Gasteiger partial charge in [-0.1, -0.05) is 44.2 Å². The normalized spacial score (nSPS) is 21.7. The van der Waals surface area contributed by atoms with Crippen LogP contribution in [0.5, 0.6) is 0 Å². The van der Waals surface area contributed by atoms with E-state index >= 15 is 0 Å². The average Bonchev–Trinajstić information content (AvgIpc) is 2.82. The molecule has 0 aromatic heterocycles. The maximum atomic E-state index is 12.9. The number of aliphatic hydroxyl groups excluding tert-OH is 1. The van der Waals surface area contributed by atoms with Crippen LogP contribution in [0.3, 0.4) is 0 Å². The lowest BCUT2D eigenvalue weighted by Gasteiger charge is -2.28. The summed E-state index contributed by atoms with van der Waals surface area (Å²) in [6.07, 6.45) is 0.286. The molecule has 1 saturated heterocycles. The Hall–Kier alpha value is -2.09. The van der Waals surface area contributed by atoms with Crippen molar-refractivity contribution in [2.45, 2.75) is 62.8 Å². The molecule has 1 aliphatic heterocycles. The lowest BCUT2D eigenvalue weighted by molar-refractivity contribution is -0.137. The van der Waals surface area contributed by atoms with Crippen LogP contribution in [0, 0.1) is 0 Å². The molecular formula is C19H23F3N2O3. The SMILES string of the molecule is O=C1NC2(CCCCCCC2)C(=O)N1CC(O)c1ccc(C(F)(F)F)cc1. The van der Waals surface area contributed by atoms with Crippen molar-refractivity contribution in [1.29, 1.82) is 0 Å². The van der Waals surface area contributed by atoms with E-state index in [9.17, 15) is 27.9 Å². The molecule has 1 unspecified atom stereocenters. The van der Waals surface area contributed by atoms with Crippen molar-refractivity contribution in [3.8, 4) is 0 Å². The maximum Gasteiger partial charge on any atom is 0.416 e. The van der Waals surface area contributed by atoms with Crippen molar-refractivity contribution >= 4 is 11.9 Å². The molecule has 1 aromatic rings. The Kier molecular flexibility index (Phi) is 5.46. The largest absolute Gasteiger partial charge is 0.416 e. The standard InChI is InChI=1S/C19H23F3N2O3/c20-19(21,22)14-8-6-13(7-9-14)15(25)12-24-16(26)18(23-17(24)27)10-4-2-1-3-5-11-18/h6-9,15,25H,1-5,10-12H2,(H,23,27). The first-order valence-corrected chi connectivity index (χ1v) is 9.22. The van der Waals surface area contributed by atoms with Crippen LogP contribution in [-0.2, 0) is 11.0 Å². The van der Waals surface area contributed by atoms with Crippen molar-refractivity contribution in [1.82, 2.24) is 10.2 Å². The summed E-state index contributed by atoms with van der Waals surface area (Å²) in [7, 11) is 0. The van der Waals surface area contributed by atoms with Gasteiger partial charge in [-0.15, -0.1) is 0 Å². The molecule has 1 saturated carbocycles. The molecule has 1 aliphatic carbocycles. The molecule has 148 valence electrons. The highest BCUT2D eigenvalue weighted by Gasteiger charge is 2.50. The van der Waals surface area contributed by atoms with Crippen molar-refractivity contribution in [3.05, 3.63) is 35.4 Å². The molecule has 8 heteroatoms. The topological polar surface area (TPSA) is 69.6 Å². The number of hydrogen-bond acceptors (Lipinski definition) is 3. The summed E-state index contributed by atoms with van der Waals surface area (Å²) < 4.78 is 37.9. The minimum Gasteiger partial charge on any atom is -0.387 e. The zero-order valence-electron chi connectivity index (χ0n) is 14.9. The fraction of sp³-hybridized carbons (Fsp3) is 0.579. The number of hydrogen-bond donors (Lipinski definition) is 2. The molecule has 0 bridgehead atoms. The minimum atomic E-state index is -4.46. The number of carbonyl (C=O) groups is 2. The van der Waals surface area contributed by atoms with E-state index in [-0.39, 0.29) is 18.0 Å². The van der Waals surface area contributed by atoms with Crippen molar-refractivity contribution < 1.29 is 27.9 Å². The average molecular weight is 384 g/mol. The molecule has 3 rings (SSSR count). The van der Waals surface area contributed by atoms with Crippen LogP contribution in [-0.4, -0.2) is 34.0 Å². The molecule has 5 nitrogen and oxygen atoms in total.